The van der Waals surface area contributed by atoms with Crippen molar-refractivity contribution in [3.05, 3.63) is 82.2 Å². The number of hydrogen-bond donors (Lipinski definition) is 1. The zero-order valence-corrected chi connectivity index (χ0v) is 17.4. The van der Waals surface area contributed by atoms with E-state index in [4.69, 9.17) is 0 Å². The summed E-state index contributed by atoms with van der Waals surface area (Å²) < 4.78 is 14.8. The van der Waals surface area contributed by atoms with E-state index in [-0.39, 0.29) is 11.7 Å². The van der Waals surface area contributed by atoms with Crippen molar-refractivity contribution in [3.8, 4) is 16.4 Å². The van der Waals surface area contributed by atoms with Crippen molar-refractivity contribution in [2.45, 2.75) is 20.3 Å². The average molecular weight is 422 g/mol. The van der Waals surface area contributed by atoms with Crippen LogP contribution in [0.1, 0.15) is 26.6 Å². The Balaban J connectivity index is 1.50. The van der Waals surface area contributed by atoms with E-state index in [0.717, 1.165) is 12.1 Å². The lowest BCUT2D eigenvalue weighted by molar-refractivity contribution is 0.0957. The van der Waals surface area contributed by atoms with Gasteiger partial charge in [0.1, 0.15) is 21.4 Å². The molecule has 0 bridgehead atoms. The van der Waals surface area contributed by atoms with Crippen LogP contribution in [0.4, 0.5) is 4.39 Å². The first-order valence-corrected chi connectivity index (χ1v) is 10.3. The summed E-state index contributed by atoms with van der Waals surface area (Å²) in [5.41, 5.74) is 3.91. The molecule has 0 aliphatic heterocycles. The van der Waals surface area contributed by atoms with Gasteiger partial charge in [0, 0.05) is 6.54 Å². The maximum atomic E-state index is 13.2. The highest BCUT2D eigenvalue weighted by atomic mass is 32.1. The topological polar surface area (TPSA) is 72.7 Å². The van der Waals surface area contributed by atoms with Crippen LogP contribution in [-0.2, 0) is 6.42 Å². The van der Waals surface area contributed by atoms with E-state index in [2.05, 4.69) is 20.6 Å². The Labute approximate surface area is 177 Å². The minimum atomic E-state index is -0.310. The Morgan fingerprint density at radius 3 is 2.57 bits per heavy atom. The van der Waals surface area contributed by atoms with Crippen LogP contribution in [0.3, 0.4) is 0 Å². The molecular formula is C22H20FN5OS. The summed E-state index contributed by atoms with van der Waals surface area (Å²) in [7, 11) is 0. The van der Waals surface area contributed by atoms with E-state index < -0.39 is 0 Å². The van der Waals surface area contributed by atoms with Crippen LogP contribution in [0.15, 0.2) is 54.6 Å². The number of nitrogens with zero attached hydrogens (tertiary/aromatic N) is 4. The number of rotatable bonds is 6. The number of halogens is 1. The van der Waals surface area contributed by atoms with E-state index >= 15 is 0 Å². The molecule has 2 aromatic heterocycles. The molecule has 0 saturated carbocycles. The van der Waals surface area contributed by atoms with Crippen LogP contribution in [0.2, 0.25) is 0 Å². The van der Waals surface area contributed by atoms with Gasteiger partial charge in [0.25, 0.3) is 5.91 Å². The number of carbonyl (C=O) groups excluding carboxylic acids is 1. The van der Waals surface area contributed by atoms with E-state index in [1.807, 2.05) is 44.2 Å². The van der Waals surface area contributed by atoms with Gasteiger partial charge in [-0.2, -0.15) is 0 Å². The van der Waals surface area contributed by atoms with Crippen LogP contribution in [0.5, 0.6) is 0 Å². The molecule has 30 heavy (non-hydrogen) atoms. The number of hydrogen-bond acceptors (Lipinski definition) is 5. The molecule has 0 radical (unpaired) electrons. The second kappa shape index (κ2) is 8.54. The smallest absolute Gasteiger partial charge is 0.263 e. The minimum Gasteiger partial charge on any atom is -0.351 e. The van der Waals surface area contributed by atoms with Crippen LogP contribution < -0.4 is 5.32 Å². The molecule has 0 aliphatic carbocycles. The van der Waals surface area contributed by atoms with Crippen LogP contribution >= 0.6 is 11.3 Å². The lowest BCUT2D eigenvalue weighted by Crippen LogP contribution is -2.25. The summed E-state index contributed by atoms with van der Waals surface area (Å²) in [6.45, 7) is 4.23. The third-order valence-electron chi connectivity index (χ3n) is 4.71. The fraction of sp³-hybridized carbons (Fsp3) is 0.182. The van der Waals surface area contributed by atoms with Gasteiger partial charge in [0.2, 0.25) is 0 Å². The summed E-state index contributed by atoms with van der Waals surface area (Å²) in [5.74, 6) is -0.453. The van der Waals surface area contributed by atoms with Gasteiger partial charge in [-0.3, -0.25) is 4.79 Å². The Hall–Kier alpha value is -3.39. The van der Waals surface area contributed by atoms with E-state index in [9.17, 15) is 9.18 Å². The van der Waals surface area contributed by atoms with Crippen molar-refractivity contribution in [2.75, 3.05) is 6.54 Å². The van der Waals surface area contributed by atoms with Crippen molar-refractivity contribution in [2.24, 2.45) is 0 Å². The molecule has 2 heterocycles. The molecule has 0 spiro atoms. The van der Waals surface area contributed by atoms with Crippen molar-refractivity contribution in [1.82, 2.24) is 25.3 Å². The summed E-state index contributed by atoms with van der Waals surface area (Å²) >= 11 is 1.29. The van der Waals surface area contributed by atoms with Crippen LogP contribution in [0, 0.1) is 19.7 Å². The average Bonchev–Trinajstić information content (AvgIpc) is 3.32. The fourth-order valence-corrected chi connectivity index (χ4v) is 4.13. The predicted octanol–water partition coefficient (Wildman–Crippen LogP) is 4.12. The van der Waals surface area contributed by atoms with Crippen LogP contribution in [0.25, 0.3) is 16.4 Å². The standard InChI is InChI=1S/C22H20FN5OS/c1-14-20(21(29)24-13-12-16-6-4-3-5-7-16)30-22(25-14)19-15(2)28(27-26-19)18-10-8-17(23)9-11-18/h3-11H,12-13H2,1-2H3,(H,24,29). The molecule has 1 N–H and O–H groups in total. The first-order valence-electron chi connectivity index (χ1n) is 9.51. The van der Waals surface area contributed by atoms with Gasteiger partial charge < -0.3 is 5.32 Å². The minimum absolute atomic E-state index is 0.143. The molecule has 4 aromatic rings. The van der Waals surface area contributed by atoms with Gasteiger partial charge in [-0.25, -0.2) is 14.1 Å². The molecule has 0 saturated heterocycles. The molecule has 0 fully saturated rings. The van der Waals surface area contributed by atoms with Crippen molar-refractivity contribution >= 4 is 17.2 Å². The van der Waals surface area contributed by atoms with E-state index in [1.165, 1.54) is 29.0 Å². The number of aromatic nitrogens is 4. The van der Waals surface area contributed by atoms with Gasteiger partial charge in [0.15, 0.2) is 0 Å². The molecule has 2 aromatic carbocycles. The number of carbonyl (C=O) groups is 1. The second-order valence-corrected chi connectivity index (χ2v) is 7.84. The molecule has 152 valence electrons. The van der Waals surface area contributed by atoms with Gasteiger partial charge >= 0.3 is 0 Å². The number of benzene rings is 2. The Morgan fingerprint density at radius 2 is 1.83 bits per heavy atom. The quantitative estimate of drug-likeness (QED) is 0.508. The van der Waals surface area contributed by atoms with Crippen molar-refractivity contribution < 1.29 is 9.18 Å². The van der Waals surface area contributed by atoms with Crippen molar-refractivity contribution in [1.29, 1.82) is 0 Å². The second-order valence-electron chi connectivity index (χ2n) is 6.84. The third-order valence-corrected chi connectivity index (χ3v) is 5.88. The number of aryl methyl sites for hydroxylation is 1. The maximum absolute atomic E-state index is 13.2. The monoisotopic (exact) mass is 421 g/mol. The maximum Gasteiger partial charge on any atom is 0.263 e. The molecule has 1 amide bonds. The first-order chi connectivity index (χ1) is 14.5. The Kier molecular flexibility index (Phi) is 5.67. The normalized spacial score (nSPS) is 10.9. The lowest BCUT2D eigenvalue weighted by Gasteiger charge is -2.04. The highest BCUT2D eigenvalue weighted by Gasteiger charge is 2.20. The fourth-order valence-electron chi connectivity index (χ4n) is 3.11. The van der Waals surface area contributed by atoms with E-state index in [1.54, 1.807) is 16.8 Å². The Morgan fingerprint density at radius 1 is 1.10 bits per heavy atom. The highest BCUT2D eigenvalue weighted by molar-refractivity contribution is 7.17. The summed E-state index contributed by atoms with van der Waals surface area (Å²) in [4.78, 5) is 17.7. The highest BCUT2D eigenvalue weighted by Crippen LogP contribution is 2.29. The Bertz CT molecular complexity index is 1170. The van der Waals surface area contributed by atoms with Crippen molar-refractivity contribution in [3.63, 3.8) is 0 Å². The summed E-state index contributed by atoms with van der Waals surface area (Å²) in [5, 5.41) is 12.0. The number of amides is 1. The number of thiazole rings is 1. The zero-order chi connectivity index (χ0) is 21.1. The van der Waals surface area contributed by atoms with E-state index in [0.29, 0.717) is 33.5 Å². The van der Waals surface area contributed by atoms with Crippen LogP contribution in [-0.4, -0.2) is 32.4 Å². The first kappa shape index (κ1) is 19.9. The predicted molar refractivity (Wildman–Crippen MR) is 114 cm³/mol. The zero-order valence-electron chi connectivity index (χ0n) is 16.6. The molecule has 8 heteroatoms. The molecular weight excluding hydrogens is 401 g/mol. The molecule has 6 nitrogen and oxygen atoms in total. The number of nitrogens with one attached hydrogen (secondary N) is 1. The lowest BCUT2D eigenvalue weighted by atomic mass is 10.1. The van der Waals surface area contributed by atoms with Gasteiger partial charge in [0.05, 0.1) is 17.1 Å². The van der Waals surface area contributed by atoms with Gasteiger partial charge in [-0.05, 0) is 50.1 Å². The van der Waals surface area contributed by atoms with Gasteiger partial charge in [-0.15, -0.1) is 16.4 Å². The molecule has 0 unspecified atom stereocenters. The third kappa shape index (κ3) is 4.13. The molecule has 0 atom stereocenters. The molecule has 0 aliphatic rings. The summed E-state index contributed by atoms with van der Waals surface area (Å²) in [6, 6.07) is 16.0. The van der Waals surface area contributed by atoms with Gasteiger partial charge in [-0.1, -0.05) is 35.5 Å². The SMILES string of the molecule is Cc1nc(-c2nnn(-c3ccc(F)cc3)c2C)sc1C(=O)NCCc1ccccc1. The largest absolute Gasteiger partial charge is 0.351 e. The molecule has 4 rings (SSSR count). The summed E-state index contributed by atoms with van der Waals surface area (Å²) in [6.07, 6.45) is 0.766.